The molecule has 0 unspecified atom stereocenters. The molecule has 116 valence electrons. The van der Waals surface area contributed by atoms with E-state index in [2.05, 4.69) is 5.10 Å². The van der Waals surface area contributed by atoms with Crippen molar-refractivity contribution in [3.8, 4) is 22.8 Å². The fraction of sp³-hybridized carbons (Fsp3) is 0.0588. The van der Waals surface area contributed by atoms with Gasteiger partial charge in [0.05, 0.1) is 11.4 Å². The van der Waals surface area contributed by atoms with Crippen molar-refractivity contribution in [2.24, 2.45) is 0 Å². The number of nitrogens with zero attached hydrogens (tertiary/aromatic N) is 2. The molecule has 2 aromatic carbocycles. The summed E-state index contributed by atoms with van der Waals surface area (Å²) in [6.07, 6.45) is 0. The Kier molecular flexibility index (Phi) is 4.05. The van der Waals surface area contributed by atoms with Crippen LogP contribution in [-0.4, -0.2) is 27.5 Å². The molecule has 0 saturated heterocycles. The third-order valence-corrected chi connectivity index (χ3v) is 3.17. The number of hydrogen-bond donors (Lipinski definition) is 1. The van der Waals surface area contributed by atoms with Gasteiger partial charge in [0.1, 0.15) is 5.82 Å². The van der Waals surface area contributed by atoms with Crippen molar-refractivity contribution in [3.63, 3.8) is 0 Å². The molecule has 6 heteroatoms. The van der Waals surface area contributed by atoms with Crippen LogP contribution in [-0.2, 0) is 4.79 Å². The van der Waals surface area contributed by atoms with Crippen molar-refractivity contribution in [3.05, 3.63) is 66.5 Å². The van der Waals surface area contributed by atoms with Crippen molar-refractivity contribution in [2.45, 2.75) is 0 Å². The van der Waals surface area contributed by atoms with Gasteiger partial charge in [0.25, 0.3) is 0 Å². The number of aliphatic carboxylic acids is 1. The van der Waals surface area contributed by atoms with Gasteiger partial charge in [-0.1, -0.05) is 18.2 Å². The quantitative estimate of drug-likeness (QED) is 0.786. The van der Waals surface area contributed by atoms with E-state index in [1.54, 1.807) is 22.9 Å². The third-order valence-electron chi connectivity index (χ3n) is 3.17. The van der Waals surface area contributed by atoms with Gasteiger partial charge >= 0.3 is 5.97 Å². The van der Waals surface area contributed by atoms with Crippen molar-refractivity contribution in [2.75, 3.05) is 6.61 Å². The first-order chi connectivity index (χ1) is 11.1. The van der Waals surface area contributed by atoms with Gasteiger partial charge in [0.2, 0.25) is 5.88 Å². The smallest absolute Gasteiger partial charge is 0.341 e. The second-order valence-corrected chi connectivity index (χ2v) is 4.80. The number of carboxylic acid groups (broad SMARTS) is 1. The van der Waals surface area contributed by atoms with Crippen LogP contribution in [0.25, 0.3) is 16.9 Å². The molecule has 3 aromatic rings. The summed E-state index contributed by atoms with van der Waals surface area (Å²) in [6, 6.07) is 16.9. The molecule has 0 aliphatic heterocycles. The summed E-state index contributed by atoms with van der Waals surface area (Å²) in [4.78, 5) is 10.6. The van der Waals surface area contributed by atoms with E-state index in [0.717, 1.165) is 11.3 Å². The zero-order valence-corrected chi connectivity index (χ0v) is 12.0. The molecule has 1 heterocycles. The molecule has 3 rings (SSSR count). The molecule has 1 aromatic heterocycles. The van der Waals surface area contributed by atoms with Gasteiger partial charge in [-0.05, 0) is 36.4 Å². The van der Waals surface area contributed by atoms with E-state index in [1.807, 2.05) is 30.3 Å². The standard InChI is InChI=1S/C17H13FN2O3/c18-13-8-6-12(7-9-13)15-10-16(23-11-17(21)22)19-20(15)14-4-2-1-3-5-14/h1-10H,11H2,(H,21,22). The van der Waals surface area contributed by atoms with E-state index in [-0.39, 0.29) is 11.7 Å². The minimum atomic E-state index is -1.08. The van der Waals surface area contributed by atoms with Gasteiger partial charge in [-0.3, -0.25) is 0 Å². The predicted octanol–water partition coefficient (Wildman–Crippen LogP) is 3.14. The van der Waals surface area contributed by atoms with Gasteiger partial charge in [-0.25, -0.2) is 13.9 Å². The predicted molar refractivity (Wildman–Crippen MR) is 82.1 cm³/mol. The highest BCUT2D eigenvalue weighted by Crippen LogP contribution is 2.27. The second kappa shape index (κ2) is 6.31. The molecule has 0 fully saturated rings. The average molecular weight is 312 g/mol. The number of ether oxygens (including phenoxy) is 1. The fourth-order valence-corrected chi connectivity index (χ4v) is 2.16. The minimum absolute atomic E-state index is 0.190. The Bertz CT molecular complexity index is 814. The van der Waals surface area contributed by atoms with Gasteiger partial charge in [-0.15, -0.1) is 5.10 Å². The maximum atomic E-state index is 13.1. The molecule has 0 amide bonds. The highest BCUT2D eigenvalue weighted by atomic mass is 19.1. The minimum Gasteiger partial charge on any atom is -0.479 e. The molecule has 0 spiro atoms. The summed E-state index contributed by atoms with van der Waals surface area (Å²) in [6.45, 7) is -0.478. The molecule has 5 nitrogen and oxygen atoms in total. The van der Waals surface area contributed by atoms with Crippen LogP contribution in [0.15, 0.2) is 60.7 Å². The van der Waals surface area contributed by atoms with E-state index >= 15 is 0 Å². The Labute approximate surface area is 131 Å². The maximum absolute atomic E-state index is 13.1. The monoisotopic (exact) mass is 312 g/mol. The van der Waals surface area contributed by atoms with Gasteiger partial charge in [0, 0.05) is 11.6 Å². The molecule has 0 aliphatic carbocycles. The van der Waals surface area contributed by atoms with Crippen molar-refractivity contribution >= 4 is 5.97 Å². The Morgan fingerprint density at radius 2 is 1.83 bits per heavy atom. The van der Waals surface area contributed by atoms with E-state index < -0.39 is 12.6 Å². The summed E-state index contributed by atoms with van der Waals surface area (Å²) < 4.78 is 19.9. The third kappa shape index (κ3) is 3.37. The number of carbonyl (C=O) groups is 1. The first-order valence-electron chi connectivity index (χ1n) is 6.89. The highest BCUT2D eigenvalue weighted by Gasteiger charge is 2.13. The first kappa shape index (κ1) is 14.8. The fourth-order valence-electron chi connectivity index (χ4n) is 2.16. The van der Waals surface area contributed by atoms with Crippen LogP contribution >= 0.6 is 0 Å². The molecule has 0 radical (unpaired) electrons. The number of aromatic nitrogens is 2. The summed E-state index contributed by atoms with van der Waals surface area (Å²) in [5.74, 6) is -1.22. The molecule has 23 heavy (non-hydrogen) atoms. The summed E-state index contributed by atoms with van der Waals surface area (Å²) in [7, 11) is 0. The number of carboxylic acids is 1. The number of rotatable bonds is 5. The Morgan fingerprint density at radius 3 is 2.48 bits per heavy atom. The summed E-state index contributed by atoms with van der Waals surface area (Å²) >= 11 is 0. The zero-order valence-electron chi connectivity index (χ0n) is 12.0. The normalized spacial score (nSPS) is 10.5. The van der Waals surface area contributed by atoms with E-state index in [9.17, 15) is 9.18 Å². The molecule has 0 atom stereocenters. The van der Waals surface area contributed by atoms with Crippen LogP contribution in [0.1, 0.15) is 0 Å². The molecular formula is C17H13FN2O3. The Morgan fingerprint density at radius 1 is 1.13 bits per heavy atom. The van der Waals surface area contributed by atoms with Crippen molar-refractivity contribution < 1.29 is 19.0 Å². The topological polar surface area (TPSA) is 64.3 Å². The van der Waals surface area contributed by atoms with Crippen LogP contribution in [0.5, 0.6) is 5.88 Å². The molecule has 0 saturated carbocycles. The highest BCUT2D eigenvalue weighted by molar-refractivity contribution is 5.68. The van der Waals surface area contributed by atoms with Crippen LogP contribution < -0.4 is 4.74 Å². The lowest BCUT2D eigenvalue weighted by Gasteiger charge is -2.07. The number of hydrogen-bond acceptors (Lipinski definition) is 3. The van der Waals surface area contributed by atoms with Gasteiger partial charge in [0.15, 0.2) is 6.61 Å². The van der Waals surface area contributed by atoms with Crippen LogP contribution in [0.2, 0.25) is 0 Å². The molecular weight excluding hydrogens is 299 g/mol. The molecule has 1 N–H and O–H groups in total. The van der Waals surface area contributed by atoms with Crippen LogP contribution in [0.4, 0.5) is 4.39 Å². The van der Waals surface area contributed by atoms with Crippen molar-refractivity contribution in [1.29, 1.82) is 0 Å². The molecule has 0 aliphatic rings. The number of para-hydroxylation sites is 1. The lowest BCUT2D eigenvalue weighted by molar-refractivity contribution is -0.139. The zero-order chi connectivity index (χ0) is 16.2. The van der Waals surface area contributed by atoms with Crippen LogP contribution in [0, 0.1) is 5.82 Å². The van der Waals surface area contributed by atoms with Crippen LogP contribution in [0.3, 0.4) is 0 Å². The van der Waals surface area contributed by atoms with E-state index in [1.165, 1.54) is 12.1 Å². The van der Waals surface area contributed by atoms with E-state index in [4.69, 9.17) is 9.84 Å². The molecule has 0 bridgehead atoms. The summed E-state index contributed by atoms with van der Waals surface area (Å²) in [5.41, 5.74) is 2.21. The number of benzene rings is 2. The lowest BCUT2D eigenvalue weighted by Crippen LogP contribution is -2.09. The SMILES string of the molecule is O=C(O)COc1cc(-c2ccc(F)cc2)n(-c2ccccc2)n1. The first-order valence-corrected chi connectivity index (χ1v) is 6.89. The largest absolute Gasteiger partial charge is 0.479 e. The Balaban J connectivity index is 2.05. The average Bonchev–Trinajstić information content (AvgIpc) is 2.99. The summed E-state index contributed by atoms with van der Waals surface area (Å²) in [5, 5.41) is 13.0. The Hall–Kier alpha value is -3.15. The van der Waals surface area contributed by atoms with Gasteiger partial charge < -0.3 is 9.84 Å². The van der Waals surface area contributed by atoms with E-state index in [0.29, 0.717) is 5.69 Å². The van der Waals surface area contributed by atoms with Crippen molar-refractivity contribution in [1.82, 2.24) is 9.78 Å². The second-order valence-electron chi connectivity index (χ2n) is 4.80. The maximum Gasteiger partial charge on any atom is 0.341 e. The lowest BCUT2D eigenvalue weighted by atomic mass is 10.1. The number of halogens is 1. The van der Waals surface area contributed by atoms with Gasteiger partial charge in [-0.2, -0.15) is 0 Å².